The van der Waals surface area contributed by atoms with Crippen molar-refractivity contribution >= 4 is 119 Å². The Labute approximate surface area is 321 Å². The first-order valence-corrected chi connectivity index (χ1v) is 19.9. The Morgan fingerprint density at radius 1 is 0.259 bits per heavy atom. The van der Waals surface area contributed by atoms with Crippen LogP contribution in [-0.4, -0.2) is 0 Å². The highest BCUT2D eigenvalue weighted by atomic mass is 32.1. The lowest BCUT2D eigenvalue weighted by atomic mass is 10.0. The van der Waals surface area contributed by atoms with E-state index >= 15 is 0 Å². The molecule has 2 aromatic heterocycles. The van der Waals surface area contributed by atoms with Crippen LogP contribution < -0.4 is 9.80 Å². The van der Waals surface area contributed by atoms with Gasteiger partial charge in [0.25, 0.3) is 0 Å². The highest BCUT2D eigenvalue weighted by Crippen LogP contribution is 2.47. The van der Waals surface area contributed by atoms with Crippen LogP contribution in [0.5, 0.6) is 0 Å². The SMILES string of the molecule is c1ccc(N(c2ccccc2)c2ccc3c(ccc4c5cc6c(cc5sc34)sc3c4ccc(N(c5ccccc5)c5ccccc5)cc4ccc63)c2)cc1. The Morgan fingerprint density at radius 3 is 0.981 bits per heavy atom. The van der Waals surface area contributed by atoms with E-state index in [1.807, 2.05) is 22.7 Å². The van der Waals surface area contributed by atoms with E-state index in [0.29, 0.717) is 0 Å². The quantitative estimate of drug-likeness (QED) is 0.168. The average molecular weight is 725 g/mol. The lowest BCUT2D eigenvalue weighted by molar-refractivity contribution is 1.29. The average Bonchev–Trinajstić information content (AvgIpc) is 3.79. The van der Waals surface area contributed by atoms with Crippen LogP contribution in [0.2, 0.25) is 0 Å². The molecule has 2 heterocycles. The third-order valence-corrected chi connectivity index (χ3v) is 13.0. The summed E-state index contributed by atoms with van der Waals surface area (Å²) in [6, 6.07) is 70.5. The minimum Gasteiger partial charge on any atom is -0.310 e. The molecular weight excluding hydrogens is 693 g/mol. The van der Waals surface area contributed by atoms with Crippen LogP contribution >= 0.6 is 22.7 Å². The number of hydrogen-bond donors (Lipinski definition) is 0. The second kappa shape index (κ2) is 12.6. The summed E-state index contributed by atoms with van der Waals surface area (Å²) in [5, 5.41) is 10.4. The van der Waals surface area contributed by atoms with Gasteiger partial charge in [-0.2, -0.15) is 0 Å². The van der Waals surface area contributed by atoms with Crippen LogP contribution in [-0.2, 0) is 0 Å². The van der Waals surface area contributed by atoms with Crippen molar-refractivity contribution in [2.75, 3.05) is 9.80 Å². The molecule has 0 aliphatic heterocycles. The molecule has 2 nitrogen and oxygen atoms in total. The van der Waals surface area contributed by atoms with E-state index in [1.54, 1.807) is 0 Å². The molecule has 0 aliphatic carbocycles. The molecule has 11 aromatic rings. The second-order valence-electron chi connectivity index (χ2n) is 13.8. The minimum atomic E-state index is 1.15. The summed E-state index contributed by atoms with van der Waals surface area (Å²) in [6.07, 6.45) is 0. The van der Waals surface area contributed by atoms with Gasteiger partial charge in [0.05, 0.1) is 0 Å². The molecule has 0 amide bonds. The maximum absolute atomic E-state index is 2.45. The van der Waals surface area contributed by atoms with E-state index in [4.69, 9.17) is 0 Å². The number of benzene rings is 9. The van der Waals surface area contributed by atoms with Crippen molar-refractivity contribution in [3.05, 3.63) is 194 Å². The van der Waals surface area contributed by atoms with Gasteiger partial charge in [0.15, 0.2) is 0 Å². The van der Waals surface area contributed by atoms with Gasteiger partial charge in [0.1, 0.15) is 0 Å². The van der Waals surface area contributed by atoms with Crippen LogP contribution in [0.3, 0.4) is 0 Å². The molecule has 0 bridgehead atoms. The molecule has 0 spiro atoms. The fraction of sp³-hybridized carbons (Fsp3) is 0. The Kier molecular flexibility index (Phi) is 7.25. The van der Waals surface area contributed by atoms with Gasteiger partial charge in [0, 0.05) is 74.5 Å². The first-order chi connectivity index (χ1) is 26.8. The normalized spacial score (nSPS) is 11.7. The van der Waals surface area contributed by atoms with Gasteiger partial charge in [-0.25, -0.2) is 0 Å². The number of nitrogens with zero attached hydrogens (tertiary/aromatic N) is 2. The van der Waals surface area contributed by atoms with Crippen LogP contribution in [0, 0.1) is 0 Å². The fourth-order valence-electron chi connectivity index (χ4n) is 8.07. The number of thiophene rings is 2. The first-order valence-electron chi connectivity index (χ1n) is 18.3. The van der Waals surface area contributed by atoms with Gasteiger partial charge >= 0.3 is 0 Å². The Morgan fingerprint density at radius 2 is 0.611 bits per heavy atom. The van der Waals surface area contributed by atoms with E-state index in [-0.39, 0.29) is 0 Å². The zero-order valence-electron chi connectivity index (χ0n) is 29.2. The number of fused-ring (bicyclic) bond motifs is 10. The standard InChI is InChI=1S/C50H32N2S2/c1-5-13-35(14-6-1)51(36-15-7-2-8-16-36)39-23-27-41-33(29-39)21-25-43-45-31-46-44-26-22-34-30-40(52(37-17-9-3-10-18-37)38-19-11-4-12-20-38)24-28-42(34)50(44)54-48(46)32-47(45)53-49(41)43/h1-32H. The number of anilines is 6. The highest BCUT2D eigenvalue weighted by Gasteiger charge is 2.18. The Hall–Kier alpha value is -6.46. The van der Waals surface area contributed by atoms with Gasteiger partial charge in [-0.15, -0.1) is 22.7 Å². The summed E-state index contributed by atoms with van der Waals surface area (Å²) >= 11 is 3.83. The molecule has 0 N–H and O–H groups in total. The van der Waals surface area contributed by atoms with Crippen LogP contribution in [0.15, 0.2) is 194 Å². The van der Waals surface area contributed by atoms with E-state index in [1.165, 1.54) is 61.9 Å². The zero-order valence-corrected chi connectivity index (χ0v) is 30.8. The van der Waals surface area contributed by atoms with E-state index in [2.05, 4.69) is 204 Å². The number of hydrogen-bond acceptors (Lipinski definition) is 4. The topological polar surface area (TPSA) is 6.48 Å². The number of para-hydroxylation sites is 4. The summed E-state index contributed by atoms with van der Waals surface area (Å²) < 4.78 is 5.37. The van der Waals surface area contributed by atoms with E-state index < -0.39 is 0 Å². The lowest BCUT2D eigenvalue weighted by Crippen LogP contribution is -2.09. The van der Waals surface area contributed by atoms with Gasteiger partial charge in [-0.05, 0) is 106 Å². The molecule has 9 aromatic carbocycles. The molecule has 0 saturated heterocycles. The number of rotatable bonds is 6. The largest absolute Gasteiger partial charge is 0.310 e. The van der Waals surface area contributed by atoms with Crippen molar-refractivity contribution in [1.82, 2.24) is 0 Å². The van der Waals surface area contributed by atoms with E-state index in [0.717, 1.165) is 34.1 Å². The van der Waals surface area contributed by atoms with Gasteiger partial charge in [0.2, 0.25) is 0 Å². The van der Waals surface area contributed by atoms with E-state index in [9.17, 15) is 0 Å². The third kappa shape index (κ3) is 5.07. The van der Waals surface area contributed by atoms with Crippen molar-refractivity contribution in [2.24, 2.45) is 0 Å². The van der Waals surface area contributed by atoms with Crippen molar-refractivity contribution in [3.63, 3.8) is 0 Å². The third-order valence-electron chi connectivity index (χ3n) is 10.6. The lowest BCUT2D eigenvalue weighted by Gasteiger charge is -2.25. The summed E-state index contributed by atoms with van der Waals surface area (Å²) in [7, 11) is 0. The monoisotopic (exact) mass is 724 g/mol. The van der Waals surface area contributed by atoms with Crippen molar-refractivity contribution in [2.45, 2.75) is 0 Å². The fourth-order valence-corrected chi connectivity index (χ4v) is 10.7. The molecule has 4 heteroatoms. The minimum absolute atomic E-state index is 1.15. The first kappa shape index (κ1) is 31.1. The molecule has 11 rings (SSSR count). The molecule has 0 saturated carbocycles. The van der Waals surface area contributed by atoms with Crippen LogP contribution in [0.4, 0.5) is 34.1 Å². The molecule has 254 valence electrons. The Bertz CT molecular complexity index is 2860. The molecule has 0 fully saturated rings. The molecule has 0 unspecified atom stereocenters. The molecule has 0 aliphatic rings. The van der Waals surface area contributed by atoms with Crippen molar-refractivity contribution in [3.8, 4) is 0 Å². The van der Waals surface area contributed by atoms with Gasteiger partial charge in [-0.1, -0.05) is 109 Å². The van der Waals surface area contributed by atoms with Crippen LogP contribution in [0.25, 0.3) is 61.9 Å². The molecule has 54 heavy (non-hydrogen) atoms. The Balaban J connectivity index is 1.02. The summed E-state index contributed by atoms with van der Waals surface area (Å²) in [4.78, 5) is 4.67. The molecule has 0 atom stereocenters. The smallest absolute Gasteiger partial charge is 0.0468 e. The predicted octanol–water partition coefficient (Wildman–Crippen LogP) is 15.7. The second-order valence-corrected chi connectivity index (χ2v) is 15.9. The van der Waals surface area contributed by atoms with Gasteiger partial charge < -0.3 is 9.80 Å². The van der Waals surface area contributed by atoms with Gasteiger partial charge in [-0.3, -0.25) is 0 Å². The van der Waals surface area contributed by atoms with Crippen molar-refractivity contribution in [1.29, 1.82) is 0 Å². The maximum atomic E-state index is 2.45. The molecular formula is C50H32N2S2. The highest BCUT2D eigenvalue weighted by molar-refractivity contribution is 7.29. The molecule has 0 radical (unpaired) electrons. The summed E-state index contributed by atoms with van der Waals surface area (Å²) in [5.41, 5.74) is 6.89. The summed E-state index contributed by atoms with van der Waals surface area (Å²) in [6.45, 7) is 0. The van der Waals surface area contributed by atoms with Crippen molar-refractivity contribution < 1.29 is 0 Å². The predicted molar refractivity (Wildman–Crippen MR) is 237 cm³/mol. The maximum Gasteiger partial charge on any atom is 0.0468 e. The van der Waals surface area contributed by atoms with Crippen LogP contribution in [0.1, 0.15) is 0 Å². The zero-order chi connectivity index (χ0) is 35.6. The summed E-state index contributed by atoms with van der Waals surface area (Å²) in [5.74, 6) is 0.